The highest BCUT2D eigenvalue weighted by Crippen LogP contribution is 2.45. The minimum absolute atomic E-state index is 0.0530. The van der Waals surface area contributed by atoms with Crippen LogP contribution in [0.3, 0.4) is 0 Å². The lowest BCUT2D eigenvalue weighted by molar-refractivity contribution is 0.0177. The van der Waals surface area contributed by atoms with Gasteiger partial charge in [0.25, 0.3) is 0 Å². The Hall–Kier alpha value is -2.04. The number of aryl methyl sites for hydroxylation is 1. The van der Waals surface area contributed by atoms with Gasteiger partial charge < -0.3 is 14.7 Å². The minimum Gasteiger partial charge on any atom is -0.508 e. The third-order valence-electron chi connectivity index (χ3n) is 5.24. The molecule has 1 aromatic carbocycles. The van der Waals surface area contributed by atoms with Crippen LogP contribution in [0.4, 0.5) is 9.18 Å². The van der Waals surface area contributed by atoms with Gasteiger partial charge in [-0.05, 0) is 58.6 Å². The fourth-order valence-corrected chi connectivity index (χ4v) is 3.94. The van der Waals surface area contributed by atoms with Gasteiger partial charge in [0.1, 0.15) is 17.2 Å². The first-order valence-corrected chi connectivity index (χ1v) is 9.66. The van der Waals surface area contributed by atoms with Gasteiger partial charge in [-0.15, -0.1) is 0 Å². The molecule has 2 rings (SSSR count). The van der Waals surface area contributed by atoms with E-state index in [1.54, 1.807) is 11.0 Å². The molecule has 27 heavy (non-hydrogen) atoms. The van der Waals surface area contributed by atoms with Gasteiger partial charge in [-0.1, -0.05) is 25.5 Å². The number of halogens is 1. The van der Waals surface area contributed by atoms with E-state index in [-0.39, 0.29) is 11.8 Å². The van der Waals surface area contributed by atoms with Crippen molar-refractivity contribution in [1.82, 2.24) is 4.90 Å². The average molecular weight is 378 g/mol. The van der Waals surface area contributed by atoms with E-state index >= 15 is 0 Å². The van der Waals surface area contributed by atoms with Gasteiger partial charge in [0.05, 0.1) is 0 Å². The van der Waals surface area contributed by atoms with Crippen molar-refractivity contribution in [2.24, 2.45) is 0 Å². The Balaban J connectivity index is 2.35. The SMILES string of the molecule is C=C(C)C1(c2c(F)cc(O)cc2CCC)CCN(C(=O)OC(C)(C)C)CC1. The molecule has 1 N–H and O–H groups in total. The van der Waals surface area contributed by atoms with Crippen LogP contribution in [0.5, 0.6) is 5.75 Å². The lowest BCUT2D eigenvalue weighted by Gasteiger charge is -2.44. The standard InChI is InChI=1S/C22H32FNO3/c1-7-8-16-13-17(25)14-18(23)19(16)22(15(2)3)9-11-24(12-10-22)20(26)27-21(4,5)6/h13-14,25H,2,7-12H2,1,3-6H3. The molecular formula is C22H32FNO3. The highest BCUT2D eigenvalue weighted by atomic mass is 19.1. The fraction of sp³-hybridized carbons (Fsp3) is 0.591. The quantitative estimate of drug-likeness (QED) is 0.722. The van der Waals surface area contributed by atoms with Gasteiger partial charge in [-0.3, -0.25) is 0 Å². The maximum absolute atomic E-state index is 15.0. The number of amides is 1. The molecule has 1 heterocycles. The van der Waals surface area contributed by atoms with Crippen molar-refractivity contribution in [3.63, 3.8) is 0 Å². The molecule has 1 fully saturated rings. The highest BCUT2D eigenvalue weighted by molar-refractivity contribution is 5.68. The van der Waals surface area contributed by atoms with Crippen molar-refractivity contribution in [2.45, 2.75) is 71.3 Å². The second kappa shape index (κ2) is 7.91. The smallest absolute Gasteiger partial charge is 0.410 e. The molecule has 4 nitrogen and oxygen atoms in total. The molecule has 1 saturated heterocycles. The van der Waals surface area contributed by atoms with E-state index in [0.29, 0.717) is 37.9 Å². The summed E-state index contributed by atoms with van der Waals surface area (Å²) in [5, 5.41) is 9.86. The lowest BCUT2D eigenvalue weighted by atomic mass is 9.66. The summed E-state index contributed by atoms with van der Waals surface area (Å²) in [6, 6.07) is 2.84. The van der Waals surface area contributed by atoms with Crippen molar-refractivity contribution in [3.8, 4) is 5.75 Å². The van der Waals surface area contributed by atoms with E-state index in [4.69, 9.17) is 4.74 Å². The van der Waals surface area contributed by atoms with Crippen molar-refractivity contribution in [1.29, 1.82) is 0 Å². The molecule has 1 aliphatic rings. The van der Waals surface area contributed by atoms with Gasteiger partial charge >= 0.3 is 6.09 Å². The molecule has 150 valence electrons. The normalized spacial score (nSPS) is 16.9. The molecule has 1 amide bonds. The molecule has 0 aliphatic carbocycles. The number of allylic oxidation sites excluding steroid dienone is 1. The van der Waals surface area contributed by atoms with E-state index in [2.05, 4.69) is 6.58 Å². The van der Waals surface area contributed by atoms with Gasteiger partial charge in [-0.2, -0.15) is 0 Å². The Morgan fingerprint density at radius 2 is 1.93 bits per heavy atom. The van der Waals surface area contributed by atoms with Crippen molar-refractivity contribution in [2.75, 3.05) is 13.1 Å². The van der Waals surface area contributed by atoms with Crippen LogP contribution in [0.2, 0.25) is 0 Å². The molecule has 0 bridgehead atoms. The predicted molar refractivity (Wildman–Crippen MR) is 106 cm³/mol. The number of hydrogen-bond acceptors (Lipinski definition) is 3. The van der Waals surface area contributed by atoms with E-state index < -0.39 is 16.8 Å². The second-order valence-corrected chi connectivity index (χ2v) is 8.54. The summed E-state index contributed by atoms with van der Waals surface area (Å²) in [6.07, 6.45) is 2.37. The van der Waals surface area contributed by atoms with Crippen LogP contribution < -0.4 is 0 Å². The molecule has 5 heteroatoms. The third-order valence-corrected chi connectivity index (χ3v) is 5.24. The number of aromatic hydroxyl groups is 1. The third kappa shape index (κ3) is 4.63. The fourth-order valence-electron chi connectivity index (χ4n) is 3.94. The highest BCUT2D eigenvalue weighted by Gasteiger charge is 2.42. The van der Waals surface area contributed by atoms with Crippen LogP contribution in [0, 0.1) is 5.82 Å². The summed E-state index contributed by atoms with van der Waals surface area (Å²) < 4.78 is 20.5. The summed E-state index contributed by atoms with van der Waals surface area (Å²) in [6.45, 7) is 14.6. The Kier molecular flexibility index (Phi) is 6.23. The number of piperidine rings is 1. The first kappa shape index (κ1) is 21.3. The largest absolute Gasteiger partial charge is 0.508 e. The molecule has 1 aliphatic heterocycles. The van der Waals surface area contributed by atoms with Crippen LogP contribution in [0.1, 0.15) is 65.0 Å². The topological polar surface area (TPSA) is 49.8 Å². The number of phenols is 1. The zero-order valence-corrected chi connectivity index (χ0v) is 17.2. The lowest BCUT2D eigenvalue weighted by Crippen LogP contribution is -2.47. The zero-order chi connectivity index (χ0) is 20.4. The van der Waals surface area contributed by atoms with Crippen molar-refractivity contribution >= 4 is 6.09 Å². The first-order chi connectivity index (χ1) is 12.5. The van der Waals surface area contributed by atoms with E-state index in [9.17, 15) is 14.3 Å². The molecular weight excluding hydrogens is 345 g/mol. The number of ether oxygens (including phenoxy) is 1. The second-order valence-electron chi connectivity index (χ2n) is 8.54. The van der Waals surface area contributed by atoms with Gasteiger partial charge in [0.15, 0.2) is 0 Å². The predicted octanol–water partition coefficient (Wildman–Crippen LogP) is 5.33. The van der Waals surface area contributed by atoms with Crippen LogP contribution in [0.25, 0.3) is 0 Å². The van der Waals surface area contributed by atoms with E-state index in [0.717, 1.165) is 17.6 Å². The van der Waals surface area contributed by atoms with E-state index in [1.807, 2.05) is 34.6 Å². The molecule has 0 spiro atoms. The zero-order valence-electron chi connectivity index (χ0n) is 17.2. The number of likely N-dealkylation sites (tertiary alicyclic amines) is 1. The van der Waals surface area contributed by atoms with Crippen molar-refractivity contribution < 1.29 is 19.0 Å². The van der Waals surface area contributed by atoms with Crippen LogP contribution >= 0.6 is 0 Å². The monoisotopic (exact) mass is 377 g/mol. The van der Waals surface area contributed by atoms with Crippen LogP contribution in [-0.4, -0.2) is 34.8 Å². The van der Waals surface area contributed by atoms with Crippen molar-refractivity contribution in [3.05, 3.63) is 41.2 Å². The molecule has 0 unspecified atom stereocenters. The van der Waals surface area contributed by atoms with Gasteiger partial charge in [0, 0.05) is 30.1 Å². The summed E-state index contributed by atoms with van der Waals surface area (Å²) in [5.74, 6) is -0.449. The number of rotatable bonds is 4. The maximum Gasteiger partial charge on any atom is 0.410 e. The molecule has 0 radical (unpaired) electrons. The molecule has 1 aromatic rings. The number of benzene rings is 1. The summed E-state index contributed by atoms with van der Waals surface area (Å²) in [7, 11) is 0. The number of phenolic OH excluding ortho intramolecular Hbond substituents is 1. The Bertz CT molecular complexity index is 713. The number of hydrogen-bond donors (Lipinski definition) is 1. The minimum atomic E-state index is -0.544. The summed E-state index contributed by atoms with van der Waals surface area (Å²) >= 11 is 0. The van der Waals surface area contributed by atoms with Gasteiger partial charge in [0.2, 0.25) is 0 Å². The Morgan fingerprint density at radius 3 is 2.41 bits per heavy atom. The first-order valence-electron chi connectivity index (χ1n) is 9.66. The molecule has 0 saturated carbocycles. The van der Waals surface area contributed by atoms with Gasteiger partial charge in [-0.25, -0.2) is 9.18 Å². The number of carbonyl (C=O) groups is 1. The number of nitrogens with zero attached hydrogens (tertiary/aromatic N) is 1. The van der Waals surface area contributed by atoms with Crippen LogP contribution in [0.15, 0.2) is 24.3 Å². The summed E-state index contributed by atoms with van der Waals surface area (Å²) in [5.41, 5.74) is 1.24. The Labute approximate surface area is 162 Å². The summed E-state index contributed by atoms with van der Waals surface area (Å²) in [4.78, 5) is 14.1. The maximum atomic E-state index is 15.0. The van der Waals surface area contributed by atoms with E-state index in [1.165, 1.54) is 6.07 Å². The Morgan fingerprint density at radius 1 is 1.33 bits per heavy atom. The van der Waals surface area contributed by atoms with Crippen LogP contribution in [-0.2, 0) is 16.6 Å². The number of carbonyl (C=O) groups excluding carboxylic acids is 1. The molecule has 0 aromatic heterocycles. The molecule has 0 atom stereocenters. The average Bonchev–Trinajstić information content (AvgIpc) is 2.53.